The molecule has 0 radical (unpaired) electrons. The molecule has 5 nitrogen and oxygen atoms in total. The van der Waals surface area contributed by atoms with Crippen LogP contribution in [0.1, 0.15) is 5.48 Å². The zero-order valence-corrected chi connectivity index (χ0v) is 26.6. The molecular formula is C45H28N4O. The fourth-order valence-electron chi connectivity index (χ4n) is 6.82. The predicted octanol–water partition coefficient (Wildman–Crippen LogP) is 11.5. The van der Waals surface area contributed by atoms with Crippen molar-refractivity contribution in [2.75, 3.05) is 0 Å². The maximum absolute atomic E-state index is 8.93. The minimum absolute atomic E-state index is 0.168. The molecule has 5 heteroatoms. The highest BCUT2D eigenvalue weighted by atomic mass is 16.3. The molecule has 0 aliphatic heterocycles. The number of benzene rings is 7. The molecule has 0 atom stereocenters. The third kappa shape index (κ3) is 4.60. The van der Waals surface area contributed by atoms with Crippen molar-refractivity contribution in [2.45, 2.75) is 0 Å². The van der Waals surface area contributed by atoms with Gasteiger partial charge in [0.2, 0.25) is 0 Å². The van der Waals surface area contributed by atoms with Gasteiger partial charge in [0, 0.05) is 32.8 Å². The van der Waals surface area contributed by atoms with Crippen LogP contribution in [0.25, 0.3) is 94.7 Å². The molecule has 3 heterocycles. The predicted molar refractivity (Wildman–Crippen MR) is 203 cm³/mol. The summed E-state index contributed by atoms with van der Waals surface area (Å²) in [6.45, 7) is 0. The molecule has 0 aliphatic rings. The quantitative estimate of drug-likeness (QED) is 0.187. The first kappa shape index (κ1) is 24.3. The number of rotatable bonds is 5. The van der Waals surface area contributed by atoms with Gasteiger partial charge in [-0.3, -0.25) is 0 Å². The minimum atomic E-state index is 0.168. The monoisotopic (exact) mass is 644 g/mol. The van der Waals surface area contributed by atoms with E-state index < -0.39 is 0 Å². The van der Waals surface area contributed by atoms with Crippen LogP contribution in [0.5, 0.6) is 0 Å². The lowest BCUT2D eigenvalue weighted by atomic mass is 10.0. The van der Waals surface area contributed by atoms with Gasteiger partial charge in [-0.1, -0.05) is 133 Å². The highest BCUT2D eigenvalue weighted by Gasteiger charge is 2.19. The highest BCUT2D eigenvalue weighted by Crippen LogP contribution is 2.39. The molecule has 0 aliphatic carbocycles. The summed E-state index contributed by atoms with van der Waals surface area (Å²) in [4.78, 5) is 14.8. The average molecular weight is 645 g/mol. The summed E-state index contributed by atoms with van der Waals surface area (Å²) in [5.41, 5.74) is 7.90. The maximum atomic E-state index is 8.93. The normalized spacial score (nSPS) is 12.7. The van der Waals surface area contributed by atoms with Crippen LogP contribution in [-0.2, 0) is 0 Å². The molecule has 0 spiro atoms. The molecule has 7 aromatic carbocycles. The molecule has 50 heavy (non-hydrogen) atoms. The average Bonchev–Trinajstić information content (AvgIpc) is 3.74. The highest BCUT2D eigenvalue weighted by molar-refractivity contribution is 6.14. The van der Waals surface area contributed by atoms with E-state index in [2.05, 4.69) is 24.3 Å². The Morgan fingerprint density at radius 2 is 0.980 bits per heavy atom. The van der Waals surface area contributed by atoms with Crippen molar-refractivity contribution in [1.29, 1.82) is 0 Å². The minimum Gasteiger partial charge on any atom is -0.456 e. The van der Waals surface area contributed by atoms with Crippen molar-refractivity contribution >= 4 is 43.7 Å². The molecule has 234 valence electrons. The van der Waals surface area contributed by atoms with Crippen molar-refractivity contribution < 1.29 is 9.90 Å². The van der Waals surface area contributed by atoms with Crippen LogP contribution in [0.15, 0.2) is 174 Å². The SMILES string of the molecule is [2H]c1cc([2H])c2c(c1)c1cc([2H])cc([2H])c1n2-c1cccc2oc3cc(-c4nc(-c5ccccc5)nc(-c5ccc(-c6ccccc6)cc5)n4)ccc3c12. The zero-order chi connectivity index (χ0) is 36.5. The standard InChI is InChI=1S/C45H28N4O/c1-3-12-29(13-4-1)30-22-24-32(25-23-30)44-46-43(31-14-5-2-6-15-31)47-45(48-44)33-26-27-36-41(28-33)50-40-21-11-20-39(42(36)40)49-37-18-9-7-16-34(37)35-17-8-10-19-38(35)49/h1-28H/i7D,8D,18D,19D. The lowest BCUT2D eigenvalue weighted by Crippen LogP contribution is -2.00. The van der Waals surface area contributed by atoms with Crippen molar-refractivity contribution in [1.82, 2.24) is 19.5 Å². The molecule has 10 rings (SSSR count). The summed E-state index contributed by atoms with van der Waals surface area (Å²) >= 11 is 0. The van der Waals surface area contributed by atoms with Crippen molar-refractivity contribution in [3.63, 3.8) is 0 Å². The number of nitrogens with zero attached hydrogens (tertiary/aromatic N) is 4. The van der Waals surface area contributed by atoms with Crippen molar-refractivity contribution in [3.8, 4) is 51.0 Å². The Labute approximate surface area is 293 Å². The van der Waals surface area contributed by atoms with Crippen LogP contribution in [0.2, 0.25) is 0 Å². The molecule has 0 N–H and O–H groups in total. The van der Waals surface area contributed by atoms with Crippen LogP contribution in [0, 0.1) is 0 Å². The van der Waals surface area contributed by atoms with Gasteiger partial charge in [0.15, 0.2) is 17.5 Å². The summed E-state index contributed by atoms with van der Waals surface area (Å²) in [7, 11) is 0. The van der Waals surface area contributed by atoms with Gasteiger partial charge in [-0.25, -0.2) is 15.0 Å². The molecule has 3 aromatic heterocycles. The second-order valence-corrected chi connectivity index (χ2v) is 12.1. The van der Waals surface area contributed by atoms with E-state index in [1.54, 1.807) is 12.1 Å². The number of para-hydroxylation sites is 2. The van der Waals surface area contributed by atoms with E-state index in [9.17, 15) is 0 Å². The summed E-state index contributed by atoms with van der Waals surface area (Å²) in [6, 6.07) is 47.2. The topological polar surface area (TPSA) is 56.7 Å². The first-order chi connectivity index (χ1) is 26.4. The summed E-state index contributed by atoms with van der Waals surface area (Å²) in [6.07, 6.45) is 0. The van der Waals surface area contributed by atoms with Crippen molar-refractivity contribution in [3.05, 3.63) is 170 Å². The number of hydrogen-bond acceptors (Lipinski definition) is 4. The Morgan fingerprint density at radius 3 is 1.64 bits per heavy atom. The van der Waals surface area contributed by atoms with Crippen LogP contribution < -0.4 is 0 Å². The number of furan rings is 1. The Hall–Kier alpha value is -6.85. The van der Waals surface area contributed by atoms with E-state index >= 15 is 0 Å². The molecule has 0 fully saturated rings. The van der Waals surface area contributed by atoms with Gasteiger partial charge in [0.05, 0.1) is 27.6 Å². The van der Waals surface area contributed by atoms with Gasteiger partial charge in [-0.05, 0) is 47.5 Å². The summed E-state index contributed by atoms with van der Waals surface area (Å²) in [5, 5.41) is 2.99. The number of hydrogen-bond donors (Lipinski definition) is 0. The van der Waals surface area contributed by atoms with Crippen LogP contribution in [0.3, 0.4) is 0 Å². The molecule has 0 saturated heterocycles. The van der Waals surface area contributed by atoms with E-state index in [0.29, 0.717) is 50.4 Å². The number of fused-ring (bicyclic) bond motifs is 6. The molecule has 0 bridgehead atoms. The molecule has 0 saturated carbocycles. The fourth-order valence-corrected chi connectivity index (χ4v) is 6.82. The summed E-state index contributed by atoms with van der Waals surface area (Å²) in [5.74, 6) is 1.62. The lowest BCUT2D eigenvalue weighted by Gasteiger charge is -2.10. The van der Waals surface area contributed by atoms with Gasteiger partial charge in [-0.15, -0.1) is 0 Å². The Balaban J connectivity index is 1.15. The van der Waals surface area contributed by atoms with Crippen LogP contribution in [0.4, 0.5) is 0 Å². The van der Waals surface area contributed by atoms with Crippen LogP contribution >= 0.6 is 0 Å². The molecular weight excluding hydrogens is 613 g/mol. The largest absolute Gasteiger partial charge is 0.456 e. The Morgan fingerprint density at radius 1 is 0.440 bits per heavy atom. The molecule has 10 aromatic rings. The fraction of sp³-hybridized carbons (Fsp3) is 0. The van der Waals surface area contributed by atoms with E-state index in [4.69, 9.17) is 24.9 Å². The van der Waals surface area contributed by atoms with Gasteiger partial charge in [0.1, 0.15) is 11.2 Å². The van der Waals surface area contributed by atoms with E-state index in [0.717, 1.165) is 44.3 Å². The molecule has 0 amide bonds. The van der Waals surface area contributed by atoms with Crippen LogP contribution in [-0.4, -0.2) is 19.5 Å². The van der Waals surface area contributed by atoms with Gasteiger partial charge < -0.3 is 8.98 Å². The summed E-state index contributed by atoms with van der Waals surface area (Å²) < 4.78 is 42.9. The smallest absolute Gasteiger partial charge is 0.164 e. The van der Waals surface area contributed by atoms with Gasteiger partial charge in [0.25, 0.3) is 0 Å². The van der Waals surface area contributed by atoms with E-state index in [1.165, 1.54) is 12.1 Å². The first-order valence-electron chi connectivity index (χ1n) is 18.4. The third-order valence-electron chi connectivity index (χ3n) is 9.18. The number of aromatic nitrogens is 4. The van der Waals surface area contributed by atoms with Crippen molar-refractivity contribution in [2.24, 2.45) is 0 Å². The third-order valence-corrected chi connectivity index (χ3v) is 9.18. The second-order valence-electron chi connectivity index (χ2n) is 12.1. The molecule has 0 unspecified atom stereocenters. The zero-order valence-electron chi connectivity index (χ0n) is 30.6. The maximum Gasteiger partial charge on any atom is 0.164 e. The first-order valence-corrected chi connectivity index (χ1v) is 16.4. The second kappa shape index (κ2) is 11.4. The Bertz CT molecular complexity index is 3020. The van der Waals surface area contributed by atoms with E-state index in [-0.39, 0.29) is 24.2 Å². The van der Waals surface area contributed by atoms with Gasteiger partial charge in [-0.2, -0.15) is 0 Å². The Kier molecular flexibility index (Phi) is 5.54. The lowest BCUT2D eigenvalue weighted by molar-refractivity contribution is 0.669. The van der Waals surface area contributed by atoms with Gasteiger partial charge >= 0.3 is 0 Å². The van der Waals surface area contributed by atoms with E-state index in [1.807, 2.05) is 102 Å².